The number of aromatic nitrogens is 2. The minimum Gasteiger partial charge on any atom is -0.327 e. The smallest absolute Gasteiger partial charge is 0.123 e. The zero-order chi connectivity index (χ0) is 12.3. The van der Waals surface area contributed by atoms with Crippen molar-refractivity contribution in [3.8, 4) is 0 Å². The Morgan fingerprint density at radius 2 is 2.12 bits per heavy atom. The molecule has 0 aliphatic carbocycles. The van der Waals surface area contributed by atoms with Crippen molar-refractivity contribution >= 4 is 11.0 Å². The molecule has 2 aromatic rings. The molecule has 92 valence electrons. The molecular weight excluding hydrogens is 210 g/mol. The lowest BCUT2D eigenvalue weighted by atomic mass is 10.1. The second-order valence-electron chi connectivity index (χ2n) is 4.41. The van der Waals surface area contributed by atoms with Crippen LogP contribution in [0.25, 0.3) is 11.0 Å². The van der Waals surface area contributed by atoms with E-state index in [0.29, 0.717) is 6.54 Å². The van der Waals surface area contributed by atoms with Crippen LogP contribution in [0.2, 0.25) is 0 Å². The molecule has 0 saturated carbocycles. The number of imidazole rings is 1. The summed E-state index contributed by atoms with van der Waals surface area (Å²) in [6.07, 6.45) is 3.42. The Morgan fingerprint density at radius 1 is 1.29 bits per heavy atom. The molecule has 0 aliphatic rings. The molecule has 0 amide bonds. The molecule has 3 heteroatoms. The fraction of sp³-hybridized carbons (Fsp3) is 0.500. The predicted molar refractivity (Wildman–Crippen MR) is 71.9 cm³/mol. The van der Waals surface area contributed by atoms with E-state index in [9.17, 15) is 0 Å². The Bertz CT molecular complexity index is 499. The normalized spacial score (nSPS) is 11.2. The molecule has 17 heavy (non-hydrogen) atoms. The number of fused-ring (bicyclic) bond motifs is 1. The van der Waals surface area contributed by atoms with E-state index in [-0.39, 0.29) is 0 Å². The molecular formula is C14H21N3. The largest absolute Gasteiger partial charge is 0.327 e. The van der Waals surface area contributed by atoms with Crippen LogP contribution < -0.4 is 5.73 Å². The number of nitrogens with zero attached hydrogens (tertiary/aromatic N) is 2. The van der Waals surface area contributed by atoms with Crippen molar-refractivity contribution in [2.45, 2.75) is 46.2 Å². The van der Waals surface area contributed by atoms with Crippen LogP contribution in [0.1, 0.15) is 38.1 Å². The highest BCUT2D eigenvalue weighted by molar-refractivity contribution is 5.77. The van der Waals surface area contributed by atoms with Crippen molar-refractivity contribution in [3.63, 3.8) is 0 Å². The molecule has 0 unspecified atom stereocenters. The molecule has 1 aromatic carbocycles. The first kappa shape index (κ1) is 12.1. The summed E-state index contributed by atoms with van der Waals surface area (Å²) in [4.78, 5) is 4.63. The van der Waals surface area contributed by atoms with Crippen molar-refractivity contribution in [2.75, 3.05) is 0 Å². The average Bonchev–Trinajstić information content (AvgIpc) is 2.72. The SMILES string of the molecule is CCCCn1c(CN)nc2cc(CC)ccc21. The quantitative estimate of drug-likeness (QED) is 0.860. The summed E-state index contributed by atoms with van der Waals surface area (Å²) < 4.78 is 2.26. The van der Waals surface area contributed by atoms with Gasteiger partial charge in [-0.3, -0.25) is 0 Å². The van der Waals surface area contributed by atoms with Crippen LogP contribution in [0.4, 0.5) is 0 Å². The summed E-state index contributed by atoms with van der Waals surface area (Å²) in [6, 6.07) is 6.54. The molecule has 0 saturated heterocycles. The molecule has 0 spiro atoms. The van der Waals surface area contributed by atoms with Crippen LogP contribution in [-0.4, -0.2) is 9.55 Å². The molecule has 0 aliphatic heterocycles. The highest BCUT2D eigenvalue weighted by Gasteiger charge is 2.09. The first-order chi connectivity index (χ1) is 8.30. The van der Waals surface area contributed by atoms with Gasteiger partial charge in [0, 0.05) is 6.54 Å². The summed E-state index contributed by atoms with van der Waals surface area (Å²) in [6.45, 7) is 5.90. The first-order valence-electron chi connectivity index (χ1n) is 6.48. The standard InChI is InChI=1S/C14H21N3/c1-3-5-8-17-13-7-6-11(4-2)9-12(13)16-14(17)10-15/h6-7,9H,3-5,8,10,15H2,1-2H3. The van der Waals surface area contributed by atoms with Gasteiger partial charge in [-0.05, 0) is 30.5 Å². The van der Waals surface area contributed by atoms with E-state index in [4.69, 9.17) is 5.73 Å². The van der Waals surface area contributed by atoms with Gasteiger partial charge in [0.1, 0.15) is 5.82 Å². The van der Waals surface area contributed by atoms with Crippen LogP contribution in [0.5, 0.6) is 0 Å². The summed E-state index contributed by atoms with van der Waals surface area (Å²) in [5.74, 6) is 1.00. The zero-order valence-corrected chi connectivity index (χ0v) is 10.7. The number of rotatable bonds is 5. The number of hydrogen-bond donors (Lipinski definition) is 1. The van der Waals surface area contributed by atoms with Gasteiger partial charge in [0.15, 0.2) is 0 Å². The van der Waals surface area contributed by atoms with Crippen LogP contribution in [0.15, 0.2) is 18.2 Å². The van der Waals surface area contributed by atoms with E-state index < -0.39 is 0 Å². The Morgan fingerprint density at radius 3 is 2.76 bits per heavy atom. The lowest BCUT2D eigenvalue weighted by Crippen LogP contribution is -2.08. The maximum Gasteiger partial charge on any atom is 0.123 e. The number of unbranched alkanes of at least 4 members (excludes halogenated alkanes) is 1. The molecule has 0 fully saturated rings. The van der Waals surface area contributed by atoms with E-state index in [1.54, 1.807) is 0 Å². The first-order valence-corrected chi connectivity index (χ1v) is 6.48. The van der Waals surface area contributed by atoms with E-state index in [0.717, 1.165) is 24.3 Å². The molecule has 2 rings (SSSR count). The molecule has 0 radical (unpaired) electrons. The van der Waals surface area contributed by atoms with Gasteiger partial charge in [0.2, 0.25) is 0 Å². The predicted octanol–water partition coefficient (Wildman–Crippen LogP) is 2.86. The number of hydrogen-bond acceptors (Lipinski definition) is 2. The highest BCUT2D eigenvalue weighted by atomic mass is 15.1. The summed E-state index contributed by atoms with van der Waals surface area (Å²) in [5, 5.41) is 0. The molecule has 3 nitrogen and oxygen atoms in total. The van der Waals surface area contributed by atoms with Crippen molar-refractivity contribution in [1.29, 1.82) is 0 Å². The van der Waals surface area contributed by atoms with Crippen LogP contribution in [-0.2, 0) is 19.5 Å². The summed E-state index contributed by atoms with van der Waals surface area (Å²) in [5.41, 5.74) is 9.41. The van der Waals surface area contributed by atoms with E-state index in [1.807, 2.05) is 0 Å². The minimum atomic E-state index is 0.514. The second kappa shape index (κ2) is 5.32. The van der Waals surface area contributed by atoms with Gasteiger partial charge in [0.05, 0.1) is 17.6 Å². The minimum absolute atomic E-state index is 0.514. The average molecular weight is 231 g/mol. The maximum absolute atomic E-state index is 5.77. The maximum atomic E-state index is 5.77. The van der Waals surface area contributed by atoms with E-state index in [1.165, 1.54) is 23.9 Å². The highest BCUT2D eigenvalue weighted by Crippen LogP contribution is 2.19. The van der Waals surface area contributed by atoms with Crippen molar-refractivity contribution in [3.05, 3.63) is 29.6 Å². The van der Waals surface area contributed by atoms with Gasteiger partial charge in [0.25, 0.3) is 0 Å². The lowest BCUT2D eigenvalue weighted by molar-refractivity contribution is 0.617. The second-order valence-corrected chi connectivity index (χ2v) is 4.41. The van der Waals surface area contributed by atoms with Crippen LogP contribution >= 0.6 is 0 Å². The number of benzene rings is 1. The molecule has 2 N–H and O–H groups in total. The fourth-order valence-electron chi connectivity index (χ4n) is 2.17. The van der Waals surface area contributed by atoms with E-state index >= 15 is 0 Å². The molecule has 1 heterocycles. The van der Waals surface area contributed by atoms with E-state index in [2.05, 4.69) is 41.6 Å². The third kappa shape index (κ3) is 2.34. The fourth-order valence-corrected chi connectivity index (χ4v) is 2.17. The van der Waals surface area contributed by atoms with Gasteiger partial charge in [-0.15, -0.1) is 0 Å². The van der Waals surface area contributed by atoms with Crippen molar-refractivity contribution in [2.24, 2.45) is 5.73 Å². The van der Waals surface area contributed by atoms with Gasteiger partial charge < -0.3 is 10.3 Å². The van der Waals surface area contributed by atoms with Gasteiger partial charge >= 0.3 is 0 Å². The molecule has 0 atom stereocenters. The third-order valence-corrected chi connectivity index (χ3v) is 3.22. The Kier molecular flexibility index (Phi) is 3.79. The topological polar surface area (TPSA) is 43.8 Å². The van der Waals surface area contributed by atoms with Gasteiger partial charge in [-0.25, -0.2) is 4.98 Å². The number of nitrogens with two attached hydrogens (primary N) is 1. The molecule has 0 bridgehead atoms. The zero-order valence-electron chi connectivity index (χ0n) is 10.7. The Hall–Kier alpha value is -1.35. The van der Waals surface area contributed by atoms with Crippen LogP contribution in [0.3, 0.4) is 0 Å². The van der Waals surface area contributed by atoms with Gasteiger partial charge in [-0.2, -0.15) is 0 Å². The van der Waals surface area contributed by atoms with Gasteiger partial charge in [-0.1, -0.05) is 26.3 Å². The summed E-state index contributed by atoms with van der Waals surface area (Å²) in [7, 11) is 0. The lowest BCUT2D eigenvalue weighted by Gasteiger charge is -2.06. The third-order valence-electron chi connectivity index (χ3n) is 3.22. The van der Waals surface area contributed by atoms with Crippen molar-refractivity contribution < 1.29 is 0 Å². The monoisotopic (exact) mass is 231 g/mol. The Labute approximate surface area is 103 Å². The Balaban J connectivity index is 2.47. The molecule has 1 aromatic heterocycles. The summed E-state index contributed by atoms with van der Waals surface area (Å²) >= 11 is 0. The van der Waals surface area contributed by atoms with Crippen LogP contribution in [0, 0.1) is 0 Å². The number of aryl methyl sites for hydroxylation is 2. The van der Waals surface area contributed by atoms with Crippen molar-refractivity contribution in [1.82, 2.24) is 9.55 Å².